The molecule has 0 bridgehead atoms. The highest BCUT2D eigenvalue weighted by molar-refractivity contribution is 4.91. The van der Waals surface area contributed by atoms with E-state index in [1.807, 2.05) is 0 Å². The SMILES string of the molecule is CC(C(C)(C)C)C(C)(C)C(C)(C)C.O. The predicted octanol–water partition coefficient (Wildman–Crippen LogP) is 3.92. The molecule has 1 heteroatoms. The molecule has 0 aliphatic carbocycles. The van der Waals surface area contributed by atoms with Gasteiger partial charge in [-0.25, -0.2) is 0 Å². The summed E-state index contributed by atoms with van der Waals surface area (Å²) in [6, 6.07) is 0. The van der Waals surface area contributed by atoms with Crippen molar-refractivity contribution in [2.24, 2.45) is 22.2 Å². The molecule has 0 fully saturated rings. The molecule has 0 saturated heterocycles. The van der Waals surface area contributed by atoms with E-state index < -0.39 is 0 Å². The molecule has 0 aromatic heterocycles. The van der Waals surface area contributed by atoms with Gasteiger partial charge in [0.25, 0.3) is 0 Å². The van der Waals surface area contributed by atoms with Gasteiger partial charge >= 0.3 is 0 Å². The minimum Gasteiger partial charge on any atom is -0.412 e. The second-order valence-electron chi connectivity index (χ2n) is 7.06. The van der Waals surface area contributed by atoms with Gasteiger partial charge in [-0.3, -0.25) is 0 Å². The summed E-state index contributed by atoms with van der Waals surface area (Å²) in [5.74, 6) is 0.722. The summed E-state index contributed by atoms with van der Waals surface area (Å²) in [6.45, 7) is 21.2. The number of hydrogen-bond acceptors (Lipinski definition) is 0. The maximum atomic E-state index is 2.39. The van der Waals surface area contributed by atoms with E-state index in [0.29, 0.717) is 16.2 Å². The van der Waals surface area contributed by atoms with Crippen molar-refractivity contribution in [2.45, 2.75) is 62.3 Å². The number of hydrogen-bond donors (Lipinski definition) is 0. The van der Waals surface area contributed by atoms with Gasteiger partial charge in [-0.15, -0.1) is 0 Å². The maximum absolute atomic E-state index is 2.39. The molecule has 0 saturated carbocycles. The van der Waals surface area contributed by atoms with E-state index in [1.54, 1.807) is 0 Å². The summed E-state index contributed by atoms with van der Waals surface area (Å²) in [7, 11) is 0. The van der Waals surface area contributed by atoms with Crippen molar-refractivity contribution >= 4 is 0 Å². The lowest BCUT2D eigenvalue weighted by Gasteiger charge is -2.49. The molecular weight excluding hydrogens is 172 g/mol. The van der Waals surface area contributed by atoms with Crippen LogP contribution in [-0.4, -0.2) is 5.48 Å². The van der Waals surface area contributed by atoms with Crippen LogP contribution in [0.15, 0.2) is 0 Å². The lowest BCUT2D eigenvalue weighted by Crippen LogP contribution is -2.41. The van der Waals surface area contributed by atoms with E-state index in [-0.39, 0.29) is 5.48 Å². The van der Waals surface area contributed by atoms with Gasteiger partial charge in [0, 0.05) is 0 Å². The van der Waals surface area contributed by atoms with Gasteiger partial charge in [0.2, 0.25) is 0 Å². The van der Waals surface area contributed by atoms with E-state index in [0.717, 1.165) is 5.92 Å². The van der Waals surface area contributed by atoms with Gasteiger partial charge < -0.3 is 5.48 Å². The van der Waals surface area contributed by atoms with Crippen molar-refractivity contribution in [3.8, 4) is 0 Å². The van der Waals surface area contributed by atoms with Crippen LogP contribution in [0.3, 0.4) is 0 Å². The third kappa shape index (κ3) is 3.27. The van der Waals surface area contributed by atoms with Crippen LogP contribution in [0.4, 0.5) is 0 Å². The maximum Gasteiger partial charge on any atom is -0.0275 e. The molecule has 1 nitrogen and oxygen atoms in total. The minimum atomic E-state index is 0. The Morgan fingerprint density at radius 3 is 1.07 bits per heavy atom. The zero-order valence-corrected chi connectivity index (χ0v) is 11.6. The van der Waals surface area contributed by atoms with Crippen LogP contribution in [0.1, 0.15) is 62.3 Å². The van der Waals surface area contributed by atoms with E-state index in [2.05, 4.69) is 62.3 Å². The van der Waals surface area contributed by atoms with Gasteiger partial charge in [0.1, 0.15) is 0 Å². The Kier molecular flexibility index (Phi) is 4.94. The molecule has 0 aromatic carbocycles. The second-order valence-corrected chi connectivity index (χ2v) is 7.06. The van der Waals surface area contributed by atoms with Gasteiger partial charge in [0.15, 0.2) is 0 Å². The molecule has 0 aliphatic heterocycles. The third-order valence-electron chi connectivity index (χ3n) is 4.31. The van der Waals surface area contributed by atoms with Crippen molar-refractivity contribution in [3.63, 3.8) is 0 Å². The summed E-state index contributed by atoms with van der Waals surface area (Å²) in [6.07, 6.45) is 0. The van der Waals surface area contributed by atoms with Crippen LogP contribution in [0, 0.1) is 22.2 Å². The highest BCUT2D eigenvalue weighted by Gasteiger charge is 2.42. The van der Waals surface area contributed by atoms with Crippen molar-refractivity contribution in [1.29, 1.82) is 0 Å². The normalized spacial score (nSPS) is 16.1. The lowest BCUT2D eigenvalue weighted by atomic mass is 9.56. The molecule has 0 amide bonds. The zero-order chi connectivity index (χ0) is 11.1. The second kappa shape index (κ2) is 4.22. The standard InChI is InChI=1S/C13H28.H2O/c1-10(11(2,3)4)13(8,9)12(5,6)7;/h10H,1-9H3;1H2. The topological polar surface area (TPSA) is 31.5 Å². The first-order chi connectivity index (χ1) is 5.40. The lowest BCUT2D eigenvalue weighted by molar-refractivity contribution is 0.00321. The molecule has 0 aromatic rings. The van der Waals surface area contributed by atoms with Crippen LogP contribution in [0.5, 0.6) is 0 Å². The van der Waals surface area contributed by atoms with Crippen LogP contribution in [-0.2, 0) is 0 Å². The van der Waals surface area contributed by atoms with Crippen LogP contribution in [0.2, 0.25) is 0 Å². The van der Waals surface area contributed by atoms with Crippen molar-refractivity contribution in [3.05, 3.63) is 0 Å². The molecule has 14 heavy (non-hydrogen) atoms. The molecule has 0 radical (unpaired) electrons. The summed E-state index contributed by atoms with van der Waals surface area (Å²) in [5, 5.41) is 0. The van der Waals surface area contributed by atoms with E-state index in [4.69, 9.17) is 0 Å². The third-order valence-corrected chi connectivity index (χ3v) is 4.31. The highest BCUT2D eigenvalue weighted by atomic mass is 16.0. The Labute approximate surface area is 90.6 Å². The Bertz CT molecular complexity index is 167. The average Bonchev–Trinajstić information content (AvgIpc) is 1.81. The minimum absolute atomic E-state index is 0. The van der Waals surface area contributed by atoms with Crippen LogP contribution in [0.25, 0.3) is 0 Å². The fourth-order valence-electron chi connectivity index (χ4n) is 1.73. The first-order valence-corrected chi connectivity index (χ1v) is 5.40. The molecule has 0 aliphatic rings. The molecule has 1 unspecified atom stereocenters. The molecule has 1 atom stereocenters. The van der Waals surface area contributed by atoms with E-state index in [9.17, 15) is 0 Å². The number of rotatable bonds is 1. The van der Waals surface area contributed by atoms with Crippen molar-refractivity contribution in [2.75, 3.05) is 0 Å². The van der Waals surface area contributed by atoms with E-state index in [1.165, 1.54) is 0 Å². The Hall–Kier alpha value is -0.0400. The monoisotopic (exact) mass is 202 g/mol. The van der Waals surface area contributed by atoms with Crippen LogP contribution >= 0.6 is 0 Å². The summed E-state index contributed by atoms with van der Waals surface area (Å²) < 4.78 is 0. The summed E-state index contributed by atoms with van der Waals surface area (Å²) in [5.41, 5.74) is 1.15. The smallest absolute Gasteiger partial charge is 0.0275 e. The molecule has 0 rings (SSSR count). The van der Waals surface area contributed by atoms with Gasteiger partial charge in [-0.2, -0.15) is 0 Å². The Morgan fingerprint density at radius 2 is 1.00 bits per heavy atom. The predicted molar refractivity (Wildman–Crippen MR) is 65.5 cm³/mol. The van der Waals surface area contributed by atoms with Gasteiger partial charge in [-0.05, 0) is 22.2 Å². The highest BCUT2D eigenvalue weighted by Crippen LogP contribution is 2.50. The molecule has 2 N–H and O–H groups in total. The van der Waals surface area contributed by atoms with E-state index >= 15 is 0 Å². The average molecular weight is 202 g/mol. The molecule has 0 spiro atoms. The fourth-order valence-corrected chi connectivity index (χ4v) is 1.73. The van der Waals surface area contributed by atoms with Gasteiger partial charge in [-0.1, -0.05) is 62.3 Å². The molecular formula is C13H30O. The first-order valence-electron chi connectivity index (χ1n) is 5.40. The summed E-state index contributed by atoms with van der Waals surface area (Å²) in [4.78, 5) is 0. The fraction of sp³-hybridized carbons (Fsp3) is 1.00. The van der Waals surface area contributed by atoms with Gasteiger partial charge in [0.05, 0.1) is 0 Å². The van der Waals surface area contributed by atoms with Crippen molar-refractivity contribution < 1.29 is 5.48 Å². The van der Waals surface area contributed by atoms with Crippen LogP contribution < -0.4 is 0 Å². The quantitative estimate of drug-likeness (QED) is 0.617. The Balaban J connectivity index is 0. The first kappa shape index (κ1) is 16.4. The zero-order valence-electron chi connectivity index (χ0n) is 11.6. The molecule has 88 valence electrons. The largest absolute Gasteiger partial charge is 0.412 e. The molecule has 0 heterocycles. The summed E-state index contributed by atoms with van der Waals surface area (Å²) >= 11 is 0. The van der Waals surface area contributed by atoms with Crippen molar-refractivity contribution in [1.82, 2.24) is 0 Å². The Morgan fingerprint density at radius 1 is 0.714 bits per heavy atom.